The van der Waals surface area contributed by atoms with Crippen molar-refractivity contribution in [3.63, 3.8) is 0 Å². The zero-order chi connectivity index (χ0) is 15.5. The van der Waals surface area contributed by atoms with Crippen LogP contribution < -0.4 is 5.32 Å². The number of hydrogen-bond donors (Lipinski definition) is 1. The molecule has 1 N–H and O–H groups in total. The lowest BCUT2D eigenvalue weighted by atomic mass is 10.2. The molecule has 2 aromatic heterocycles. The number of aromatic nitrogens is 3. The van der Waals surface area contributed by atoms with E-state index in [-0.39, 0.29) is 0 Å². The van der Waals surface area contributed by atoms with Crippen molar-refractivity contribution in [2.45, 2.75) is 38.3 Å². The van der Waals surface area contributed by atoms with Crippen molar-refractivity contribution in [3.8, 4) is 11.3 Å². The zero-order valence-corrected chi connectivity index (χ0v) is 13.8. The molecule has 0 spiro atoms. The molecule has 2 heterocycles. The van der Waals surface area contributed by atoms with Gasteiger partial charge in [-0.25, -0.2) is 4.98 Å². The molecule has 0 aliphatic heterocycles. The molecule has 0 radical (unpaired) electrons. The lowest BCUT2D eigenvalue weighted by Crippen LogP contribution is -2.07. The van der Waals surface area contributed by atoms with E-state index < -0.39 is 0 Å². The molecule has 1 aliphatic carbocycles. The first kappa shape index (κ1) is 14.5. The summed E-state index contributed by atoms with van der Waals surface area (Å²) in [6.45, 7) is 0.724. The maximum atomic E-state index is 4.70. The Labute approximate surface area is 140 Å². The molecular formula is C18H20N4S. The van der Waals surface area contributed by atoms with Crippen LogP contribution in [0.3, 0.4) is 0 Å². The van der Waals surface area contributed by atoms with E-state index in [0.717, 1.165) is 28.6 Å². The van der Waals surface area contributed by atoms with Crippen molar-refractivity contribution >= 4 is 16.5 Å². The molecule has 0 saturated heterocycles. The number of nitrogens with one attached hydrogen (secondary N) is 1. The summed E-state index contributed by atoms with van der Waals surface area (Å²) in [4.78, 5) is 4.65. The van der Waals surface area contributed by atoms with Gasteiger partial charge in [-0.05, 0) is 18.9 Å². The van der Waals surface area contributed by atoms with Gasteiger partial charge < -0.3 is 5.32 Å². The van der Waals surface area contributed by atoms with Crippen LogP contribution in [-0.2, 0) is 6.54 Å². The van der Waals surface area contributed by atoms with Gasteiger partial charge in [-0.3, -0.25) is 4.68 Å². The van der Waals surface area contributed by atoms with Gasteiger partial charge in [0, 0.05) is 17.1 Å². The second-order valence-corrected chi connectivity index (χ2v) is 6.84. The first-order valence-corrected chi connectivity index (χ1v) is 9.05. The fourth-order valence-corrected chi connectivity index (χ4v) is 3.83. The van der Waals surface area contributed by atoms with Gasteiger partial charge in [0.25, 0.3) is 0 Å². The van der Waals surface area contributed by atoms with Gasteiger partial charge in [-0.1, -0.05) is 43.2 Å². The normalized spacial score (nSPS) is 15.1. The summed E-state index contributed by atoms with van der Waals surface area (Å²) in [6.07, 6.45) is 7.31. The fraction of sp³-hybridized carbons (Fsp3) is 0.333. The molecule has 23 heavy (non-hydrogen) atoms. The maximum Gasteiger partial charge on any atom is 0.183 e. The average Bonchev–Trinajstić information content (AvgIpc) is 3.33. The smallest absolute Gasteiger partial charge is 0.183 e. The maximum absolute atomic E-state index is 4.70. The van der Waals surface area contributed by atoms with Gasteiger partial charge in [-0.2, -0.15) is 5.10 Å². The van der Waals surface area contributed by atoms with Gasteiger partial charge >= 0.3 is 0 Å². The second-order valence-electron chi connectivity index (χ2n) is 5.98. The van der Waals surface area contributed by atoms with Crippen LogP contribution >= 0.6 is 11.3 Å². The van der Waals surface area contributed by atoms with Gasteiger partial charge in [0.15, 0.2) is 5.13 Å². The lowest BCUT2D eigenvalue weighted by molar-refractivity contribution is 0.463. The first-order chi connectivity index (χ1) is 11.4. The molecule has 3 aromatic rings. The Hall–Kier alpha value is -2.14. The number of thiazole rings is 1. The largest absolute Gasteiger partial charge is 0.356 e. The molecule has 1 aromatic carbocycles. The molecule has 0 unspecified atom stereocenters. The predicted octanol–water partition coefficient (Wildman–Crippen LogP) is 4.73. The summed E-state index contributed by atoms with van der Waals surface area (Å²) in [5, 5.41) is 11.1. The van der Waals surface area contributed by atoms with E-state index in [1.807, 2.05) is 18.2 Å². The van der Waals surface area contributed by atoms with E-state index in [1.165, 1.54) is 25.7 Å². The zero-order valence-electron chi connectivity index (χ0n) is 13.0. The highest BCUT2D eigenvalue weighted by Crippen LogP contribution is 2.29. The highest BCUT2D eigenvalue weighted by atomic mass is 32.1. The summed E-state index contributed by atoms with van der Waals surface area (Å²) < 4.78 is 2.14. The van der Waals surface area contributed by atoms with Crippen LogP contribution in [-0.4, -0.2) is 14.8 Å². The molecule has 5 heteroatoms. The second kappa shape index (κ2) is 6.54. The van der Waals surface area contributed by atoms with Gasteiger partial charge in [-0.15, -0.1) is 11.3 Å². The Morgan fingerprint density at radius 3 is 2.78 bits per heavy atom. The lowest BCUT2D eigenvalue weighted by Gasteiger charge is -2.08. The fourth-order valence-electron chi connectivity index (χ4n) is 3.11. The minimum absolute atomic E-state index is 0.605. The topological polar surface area (TPSA) is 42.7 Å². The van der Waals surface area contributed by atoms with Crippen LogP contribution in [0.2, 0.25) is 0 Å². The van der Waals surface area contributed by atoms with E-state index in [1.54, 1.807) is 11.3 Å². The SMILES string of the molecule is c1ccc(-c2csc(NCc3ccn(C4CCCC4)n3)n2)cc1. The van der Waals surface area contributed by atoms with Crippen LogP contribution in [0.4, 0.5) is 5.13 Å². The number of hydrogen-bond acceptors (Lipinski definition) is 4. The standard InChI is InChI=1S/C18H20N4S/c1-2-6-14(7-3-1)17-13-23-18(20-17)19-12-15-10-11-22(21-15)16-8-4-5-9-16/h1-3,6-7,10-11,13,16H,4-5,8-9,12H2,(H,19,20). The summed E-state index contributed by atoms with van der Waals surface area (Å²) in [5.74, 6) is 0. The number of nitrogens with zero attached hydrogens (tertiary/aromatic N) is 3. The van der Waals surface area contributed by atoms with Crippen LogP contribution in [0.1, 0.15) is 37.4 Å². The molecule has 4 rings (SSSR count). The molecule has 0 bridgehead atoms. The van der Waals surface area contributed by atoms with Crippen LogP contribution in [0.5, 0.6) is 0 Å². The Kier molecular flexibility index (Phi) is 4.11. The van der Waals surface area contributed by atoms with E-state index in [9.17, 15) is 0 Å². The van der Waals surface area contributed by atoms with Crippen molar-refractivity contribution in [2.24, 2.45) is 0 Å². The summed E-state index contributed by atoms with van der Waals surface area (Å²) in [6, 6.07) is 13.0. The molecular weight excluding hydrogens is 304 g/mol. The summed E-state index contributed by atoms with van der Waals surface area (Å²) >= 11 is 1.64. The Morgan fingerprint density at radius 2 is 1.96 bits per heavy atom. The summed E-state index contributed by atoms with van der Waals surface area (Å²) in [5.41, 5.74) is 3.25. The Balaban J connectivity index is 1.39. The number of rotatable bonds is 5. The predicted molar refractivity (Wildman–Crippen MR) is 94.6 cm³/mol. The van der Waals surface area contributed by atoms with Gasteiger partial charge in [0.05, 0.1) is 24.0 Å². The molecule has 118 valence electrons. The van der Waals surface area contributed by atoms with Crippen LogP contribution in [0.25, 0.3) is 11.3 Å². The molecule has 0 amide bonds. The van der Waals surface area contributed by atoms with Crippen LogP contribution in [0, 0.1) is 0 Å². The molecule has 1 fully saturated rings. The summed E-state index contributed by atoms with van der Waals surface area (Å²) in [7, 11) is 0. The molecule has 0 atom stereocenters. The number of benzene rings is 1. The van der Waals surface area contributed by atoms with Crippen molar-refractivity contribution in [3.05, 3.63) is 53.7 Å². The highest BCUT2D eigenvalue weighted by molar-refractivity contribution is 7.14. The van der Waals surface area contributed by atoms with E-state index in [2.05, 4.69) is 44.8 Å². The number of anilines is 1. The van der Waals surface area contributed by atoms with Crippen molar-refractivity contribution in [1.82, 2.24) is 14.8 Å². The first-order valence-electron chi connectivity index (χ1n) is 8.17. The monoisotopic (exact) mass is 324 g/mol. The third-order valence-corrected chi connectivity index (χ3v) is 5.16. The molecule has 1 saturated carbocycles. The Bertz CT molecular complexity index is 756. The average molecular weight is 324 g/mol. The van der Waals surface area contributed by atoms with Crippen molar-refractivity contribution in [1.29, 1.82) is 0 Å². The third kappa shape index (κ3) is 3.29. The van der Waals surface area contributed by atoms with Gasteiger partial charge in [0.1, 0.15) is 0 Å². The minimum Gasteiger partial charge on any atom is -0.356 e. The Morgan fingerprint density at radius 1 is 1.13 bits per heavy atom. The molecule has 1 aliphatic rings. The third-order valence-electron chi connectivity index (χ3n) is 4.36. The van der Waals surface area contributed by atoms with Crippen LogP contribution in [0.15, 0.2) is 48.0 Å². The minimum atomic E-state index is 0.605. The van der Waals surface area contributed by atoms with Crippen molar-refractivity contribution < 1.29 is 0 Å². The van der Waals surface area contributed by atoms with E-state index >= 15 is 0 Å². The quantitative estimate of drug-likeness (QED) is 0.737. The van der Waals surface area contributed by atoms with Crippen molar-refractivity contribution in [2.75, 3.05) is 5.32 Å². The van der Waals surface area contributed by atoms with E-state index in [0.29, 0.717) is 6.04 Å². The van der Waals surface area contributed by atoms with Gasteiger partial charge in [0.2, 0.25) is 0 Å². The highest BCUT2D eigenvalue weighted by Gasteiger charge is 2.17. The van der Waals surface area contributed by atoms with E-state index in [4.69, 9.17) is 5.10 Å². The molecule has 4 nitrogen and oxygen atoms in total.